The summed E-state index contributed by atoms with van der Waals surface area (Å²) in [4.78, 5) is 17.2. The van der Waals surface area contributed by atoms with Crippen molar-refractivity contribution in [3.63, 3.8) is 0 Å². The molecule has 4 heteroatoms. The molecule has 27 heavy (non-hydrogen) atoms. The highest BCUT2D eigenvalue weighted by Gasteiger charge is 2.10. The molecule has 0 bridgehead atoms. The summed E-state index contributed by atoms with van der Waals surface area (Å²) in [5, 5.41) is 2.97. The minimum atomic E-state index is -0.0939. The third kappa shape index (κ3) is 3.34. The Morgan fingerprint density at radius 3 is 2.44 bits per heavy atom. The van der Waals surface area contributed by atoms with Gasteiger partial charge >= 0.3 is 0 Å². The molecule has 0 aliphatic carbocycles. The van der Waals surface area contributed by atoms with Crippen LogP contribution in [-0.4, -0.2) is 15.3 Å². The first-order valence-corrected chi connectivity index (χ1v) is 8.94. The lowest BCUT2D eigenvalue weighted by atomic mass is 10.1. The Balaban J connectivity index is 1.56. The van der Waals surface area contributed by atoms with Crippen molar-refractivity contribution in [2.45, 2.75) is 20.8 Å². The van der Waals surface area contributed by atoms with E-state index in [0.29, 0.717) is 5.56 Å². The first kappa shape index (κ1) is 17.0. The number of fused-ring (bicyclic) bond motifs is 1. The molecule has 4 aromatic rings. The van der Waals surface area contributed by atoms with Crippen LogP contribution in [0, 0.1) is 20.8 Å². The number of nitrogens with zero attached hydrogens (tertiary/aromatic N) is 2. The zero-order valence-corrected chi connectivity index (χ0v) is 15.7. The molecule has 2 aromatic carbocycles. The summed E-state index contributed by atoms with van der Waals surface area (Å²) >= 11 is 0. The summed E-state index contributed by atoms with van der Waals surface area (Å²) in [5.74, 6) is -0.0939. The number of nitrogens with one attached hydrogen (secondary N) is 1. The minimum Gasteiger partial charge on any atom is -0.322 e. The second-order valence-corrected chi connectivity index (χ2v) is 6.90. The molecule has 0 fully saturated rings. The Labute approximate surface area is 158 Å². The van der Waals surface area contributed by atoms with Gasteiger partial charge in [0.05, 0.1) is 5.69 Å². The van der Waals surface area contributed by atoms with Gasteiger partial charge in [0.25, 0.3) is 5.91 Å². The summed E-state index contributed by atoms with van der Waals surface area (Å²) < 4.78 is 2.03. The van der Waals surface area contributed by atoms with Crippen molar-refractivity contribution >= 4 is 17.2 Å². The van der Waals surface area contributed by atoms with Crippen molar-refractivity contribution in [2.75, 3.05) is 5.32 Å². The normalized spacial score (nSPS) is 10.9. The summed E-state index contributed by atoms with van der Waals surface area (Å²) in [7, 11) is 0. The highest BCUT2D eigenvalue weighted by molar-refractivity contribution is 6.05. The van der Waals surface area contributed by atoms with Crippen LogP contribution in [0.1, 0.15) is 27.0 Å². The average Bonchev–Trinajstić information content (AvgIpc) is 3.08. The minimum absolute atomic E-state index is 0.0939. The number of benzene rings is 2. The molecular weight excluding hydrogens is 334 g/mol. The Bertz CT molecular complexity index is 1140. The quantitative estimate of drug-likeness (QED) is 0.550. The first-order chi connectivity index (χ1) is 13.0. The molecule has 4 rings (SSSR count). The third-order valence-corrected chi connectivity index (χ3v) is 4.74. The topological polar surface area (TPSA) is 46.4 Å². The van der Waals surface area contributed by atoms with Crippen LogP contribution < -0.4 is 5.32 Å². The molecule has 0 aliphatic rings. The summed E-state index contributed by atoms with van der Waals surface area (Å²) in [6.07, 6.45) is 4.02. The smallest absolute Gasteiger partial charge is 0.255 e. The van der Waals surface area contributed by atoms with Crippen molar-refractivity contribution in [1.29, 1.82) is 0 Å². The standard InChI is InChI=1S/C23H21N3O/c1-15-6-11-20(17(3)13-15)23(27)24-19-9-7-18(8-10-19)21-14-26-12-4-5-16(2)22(26)25-21/h4-14H,1-3H3,(H,24,27). The number of rotatable bonds is 3. The van der Waals surface area contributed by atoms with E-state index in [4.69, 9.17) is 4.98 Å². The van der Waals surface area contributed by atoms with Gasteiger partial charge in [-0.05, 0) is 56.2 Å². The van der Waals surface area contributed by atoms with Crippen LogP contribution in [0.2, 0.25) is 0 Å². The number of pyridine rings is 1. The molecule has 4 nitrogen and oxygen atoms in total. The maximum Gasteiger partial charge on any atom is 0.255 e. The lowest BCUT2D eigenvalue weighted by Gasteiger charge is -2.09. The van der Waals surface area contributed by atoms with Gasteiger partial charge in [-0.3, -0.25) is 4.79 Å². The predicted molar refractivity (Wildman–Crippen MR) is 109 cm³/mol. The fourth-order valence-electron chi connectivity index (χ4n) is 3.28. The largest absolute Gasteiger partial charge is 0.322 e. The zero-order valence-electron chi connectivity index (χ0n) is 15.7. The molecule has 0 aliphatic heterocycles. The second kappa shape index (κ2) is 6.72. The fourth-order valence-corrected chi connectivity index (χ4v) is 3.28. The van der Waals surface area contributed by atoms with Gasteiger partial charge in [0.15, 0.2) is 0 Å². The molecule has 2 heterocycles. The van der Waals surface area contributed by atoms with Gasteiger partial charge in [-0.2, -0.15) is 0 Å². The van der Waals surface area contributed by atoms with E-state index in [2.05, 4.69) is 18.3 Å². The number of hydrogen-bond donors (Lipinski definition) is 1. The lowest BCUT2D eigenvalue weighted by molar-refractivity contribution is 0.102. The van der Waals surface area contributed by atoms with Gasteiger partial charge in [-0.25, -0.2) is 4.98 Å². The van der Waals surface area contributed by atoms with Crippen LogP contribution in [0.4, 0.5) is 5.69 Å². The van der Waals surface area contributed by atoms with Gasteiger partial charge < -0.3 is 9.72 Å². The number of imidazole rings is 1. The van der Waals surface area contributed by atoms with E-state index < -0.39 is 0 Å². The highest BCUT2D eigenvalue weighted by Crippen LogP contribution is 2.23. The molecule has 0 saturated heterocycles. The number of hydrogen-bond acceptors (Lipinski definition) is 2. The Kier molecular flexibility index (Phi) is 4.24. The highest BCUT2D eigenvalue weighted by atomic mass is 16.1. The Hall–Kier alpha value is -3.40. The van der Waals surface area contributed by atoms with Crippen LogP contribution in [0.25, 0.3) is 16.9 Å². The summed E-state index contributed by atoms with van der Waals surface area (Å²) in [6, 6.07) is 17.7. The monoisotopic (exact) mass is 355 g/mol. The molecule has 134 valence electrons. The predicted octanol–water partition coefficient (Wildman–Crippen LogP) is 5.18. The van der Waals surface area contributed by atoms with Gasteiger partial charge in [0.2, 0.25) is 0 Å². The number of aromatic nitrogens is 2. The first-order valence-electron chi connectivity index (χ1n) is 8.94. The van der Waals surface area contributed by atoms with Gasteiger partial charge in [0.1, 0.15) is 5.65 Å². The molecule has 0 radical (unpaired) electrons. The molecule has 0 atom stereocenters. The maximum atomic E-state index is 12.5. The SMILES string of the molecule is Cc1ccc(C(=O)Nc2ccc(-c3cn4cccc(C)c4n3)cc2)c(C)c1. The van der Waals surface area contributed by atoms with Crippen LogP contribution in [0.3, 0.4) is 0 Å². The van der Waals surface area contributed by atoms with Crippen LogP contribution >= 0.6 is 0 Å². The van der Waals surface area contributed by atoms with Crippen molar-refractivity contribution in [3.8, 4) is 11.3 Å². The van der Waals surface area contributed by atoms with E-state index in [1.54, 1.807) is 0 Å². The lowest BCUT2D eigenvalue weighted by Crippen LogP contribution is -2.13. The molecule has 1 amide bonds. The van der Waals surface area contributed by atoms with E-state index in [1.165, 1.54) is 0 Å². The van der Waals surface area contributed by atoms with Gasteiger partial charge in [-0.15, -0.1) is 0 Å². The number of carbonyl (C=O) groups is 1. The molecule has 0 saturated carbocycles. The third-order valence-electron chi connectivity index (χ3n) is 4.74. The van der Waals surface area contributed by atoms with E-state index in [1.807, 2.05) is 79.2 Å². The second-order valence-electron chi connectivity index (χ2n) is 6.90. The van der Waals surface area contributed by atoms with E-state index in [-0.39, 0.29) is 5.91 Å². The molecule has 0 unspecified atom stereocenters. The molecule has 0 spiro atoms. The van der Waals surface area contributed by atoms with Gasteiger partial charge in [0, 0.05) is 29.2 Å². The number of carbonyl (C=O) groups excluding carboxylic acids is 1. The van der Waals surface area contributed by atoms with Crippen LogP contribution in [0.15, 0.2) is 67.0 Å². The Morgan fingerprint density at radius 2 is 1.74 bits per heavy atom. The molecule has 2 aromatic heterocycles. The molecular formula is C23H21N3O. The number of amides is 1. The summed E-state index contributed by atoms with van der Waals surface area (Å²) in [6.45, 7) is 6.03. The number of anilines is 1. The zero-order chi connectivity index (χ0) is 19.0. The van der Waals surface area contributed by atoms with Crippen LogP contribution in [0.5, 0.6) is 0 Å². The van der Waals surface area contributed by atoms with E-state index in [9.17, 15) is 4.79 Å². The molecule has 1 N–H and O–H groups in total. The van der Waals surface area contributed by atoms with Crippen molar-refractivity contribution in [2.24, 2.45) is 0 Å². The number of aryl methyl sites for hydroxylation is 3. The van der Waals surface area contributed by atoms with Crippen molar-refractivity contribution in [1.82, 2.24) is 9.38 Å². The van der Waals surface area contributed by atoms with E-state index >= 15 is 0 Å². The summed E-state index contributed by atoms with van der Waals surface area (Å²) in [5.41, 5.74) is 7.62. The average molecular weight is 355 g/mol. The van der Waals surface area contributed by atoms with Gasteiger partial charge in [-0.1, -0.05) is 35.9 Å². The van der Waals surface area contributed by atoms with Crippen molar-refractivity contribution < 1.29 is 4.79 Å². The van der Waals surface area contributed by atoms with Crippen LogP contribution in [-0.2, 0) is 0 Å². The van der Waals surface area contributed by atoms with Crippen molar-refractivity contribution in [3.05, 3.63) is 89.2 Å². The maximum absolute atomic E-state index is 12.5. The Morgan fingerprint density at radius 1 is 0.963 bits per heavy atom. The fraction of sp³-hybridized carbons (Fsp3) is 0.130. The van der Waals surface area contributed by atoms with E-state index in [0.717, 1.165) is 39.3 Å².